The lowest BCUT2D eigenvalue weighted by Crippen LogP contribution is -2.41. The molecule has 5 rings (SSSR count). The molecule has 48 heavy (non-hydrogen) atoms. The van der Waals surface area contributed by atoms with Gasteiger partial charge in [-0.15, -0.1) is 0 Å². The number of carbonyl (C=O) groups is 1. The highest BCUT2D eigenvalue weighted by Crippen LogP contribution is 2.31. The zero-order chi connectivity index (χ0) is 34.9. The normalized spacial score (nSPS) is 12.0. The molecule has 0 aliphatic heterocycles. The summed E-state index contributed by atoms with van der Waals surface area (Å²) in [6.07, 6.45) is -4.67. The van der Waals surface area contributed by atoms with Crippen LogP contribution in [-0.4, -0.2) is 38.7 Å². The molecular formula is C32H28F3N5O6S2. The fraction of sp³-hybridized carbons (Fsp3) is 0.125. The van der Waals surface area contributed by atoms with Gasteiger partial charge in [-0.2, -0.15) is 13.2 Å². The molecule has 5 aromatic rings. The quantitative estimate of drug-likeness (QED) is 0.207. The molecule has 250 valence electrons. The summed E-state index contributed by atoms with van der Waals surface area (Å²) in [6.45, 7) is 0.734. The lowest BCUT2D eigenvalue weighted by molar-refractivity contribution is -0.137. The molecule has 0 spiro atoms. The van der Waals surface area contributed by atoms with Gasteiger partial charge in [-0.25, -0.2) is 25.8 Å². The maximum Gasteiger partial charge on any atom is 0.416 e. The van der Waals surface area contributed by atoms with Crippen molar-refractivity contribution in [2.45, 2.75) is 22.9 Å². The molecule has 2 N–H and O–H groups in total. The topological polar surface area (TPSA) is 140 Å². The lowest BCUT2D eigenvalue weighted by atomic mass is 10.2. The SMILES string of the molecule is Cc1c(N(CC(=O)Nc2ccc(S(=O)(=O)Nc3cccc(C(F)(F)F)c3)cc2)S(=O)(=O)c2ccccc2)c(=O)n(-c2ccccc2)n1C. The Morgan fingerprint density at radius 1 is 0.792 bits per heavy atom. The summed E-state index contributed by atoms with van der Waals surface area (Å²) in [5.74, 6) is -0.846. The van der Waals surface area contributed by atoms with Gasteiger partial charge in [0.2, 0.25) is 5.91 Å². The average Bonchev–Trinajstić information content (AvgIpc) is 3.27. The Bertz CT molecular complexity index is 2240. The van der Waals surface area contributed by atoms with Crippen molar-refractivity contribution in [2.75, 3.05) is 20.9 Å². The maximum atomic E-state index is 13.9. The van der Waals surface area contributed by atoms with Crippen molar-refractivity contribution in [3.05, 3.63) is 131 Å². The van der Waals surface area contributed by atoms with E-state index in [9.17, 15) is 39.6 Å². The van der Waals surface area contributed by atoms with Crippen molar-refractivity contribution < 1.29 is 34.8 Å². The van der Waals surface area contributed by atoms with Crippen LogP contribution in [0.5, 0.6) is 0 Å². The van der Waals surface area contributed by atoms with Gasteiger partial charge in [-0.1, -0.05) is 42.5 Å². The summed E-state index contributed by atoms with van der Waals surface area (Å²) in [5, 5.41) is 2.51. The predicted molar refractivity (Wildman–Crippen MR) is 174 cm³/mol. The third-order valence-corrected chi connectivity index (χ3v) is 10.4. The van der Waals surface area contributed by atoms with E-state index >= 15 is 0 Å². The van der Waals surface area contributed by atoms with Crippen LogP contribution in [0.3, 0.4) is 0 Å². The Hall–Kier alpha value is -5.35. The summed E-state index contributed by atoms with van der Waals surface area (Å²) in [6, 6.07) is 24.2. The number of anilines is 3. The third-order valence-electron chi connectivity index (χ3n) is 7.28. The molecule has 0 bridgehead atoms. The van der Waals surface area contributed by atoms with E-state index in [0.717, 1.165) is 28.6 Å². The summed E-state index contributed by atoms with van der Waals surface area (Å²) in [5.41, 5.74) is -1.45. The number of hydrogen-bond acceptors (Lipinski definition) is 6. The number of halogens is 3. The van der Waals surface area contributed by atoms with Crippen LogP contribution < -0.4 is 19.9 Å². The molecule has 0 unspecified atom stereocenters. The van der Waals surface area contributed by atoms with E-state index in [0.29, 0.717) is 11.8 Å². The summed E-state index contributed by atoms with van der Waals surface area (Å²) >= 11 is 0. The number of amides is 1. The smallest absolute Gasteiger partial charge is 0.325 e. The summed E-state index contributed by atoms with van der Waals surface area (Å²) in [7, 11) is -7.19. The second-order valence-corrected chi connectivity index (χ2v) is 14.0. The highest BCUT2D eigenvalue weighted by Gasteiger charge is 2.34. The van der Waals surface area contributed by atoms with Gasteiger partial charge in [0.25, 0.3) is 25.6 Å². The molecule has 4 aromatic carbocycles. The van der Waals surface area contributed by atoms with Crippen LogP contribution in [0.1, 0.15) is 11.3 Å². The molecule has 1 amide bonds. The van der Waals surface area contributed by atoms with E-state index in [1.807, 2.05) is 0 Å². The number of rotatable bonds is 10. The van der Waals surface area contributed by atoms with Crippen LogP contribution in [0, 0.1) is 6.92 Å². The summed E-state index contributed by atoms with van der Waals surface area (Å²) < 4.78 is 98.3. The Morgan fingerprint density at radius 3 is 2.00 bits per heavy atom. The van der Waals surface area contributed by atoms with Crippen LogP contribution in [0.4, 0.5) is 30.2 Å². The van der Waals surface area contributed by atoms with E-state index in [2.05, 4.69) is 10.0 Å². The highest BCUT2D eigenvalue weighted by molar-refractivity contribution is 7.93. The van der Waals surface area contributed by atoms with E-state index in [-0.39, 0.29) is 32.5 Å². The van der Waals surface area contributed by atoms with Crippen molar-refractivity contribution in [3.8, 4) is 5.69 Å². The van der Waals surface area contributed by atoms with E-state index in [4.69, 9.17) is 0 Å². The van der Waals surface area contributed by atoms with Gasteiger partial charge in [0.15, 0.2) is 0 Å². The minimum Gasteiger partial charge on any atom is -0.325 e. The molecule has 0 aliphatic carbocycles. The zero-order valence-electron chi connectivity index (χ0n) is 25.3. The monoisotopic (exact) mass is 699 g/mol. The van der Waals surface area contributed by atoms with E-state index in [1.54, 1.807) is 50.4 Å². The predicted octanol–water partition coefficient (Wildman–Crippen LogP) is 5.14. The number of sulfonamides is 2. The Balaban J connectivity index is 1.42. The molecule has 0 fully saturated rings. The molecule has 0 saturated heterocycles. The number of carbonyl (C=O) groups excluding carboxylic acids is 1. The number of nitrogens with zero attached hydrogens (tertiary/aromatic N) is 3. The van der Waals surface area contributed by atoms with Crippen LogP contribution in [-0.2, 0) is 38.1 Å². The molecule has 0 radical (unpaired) electrons. The fourth-order valence-electron chi connectivity index (χ4n) is 4.87. The molecular weight excluding hydrogens is 672 g/mol. The van der Waals surface area contributed by atoms with Gasteiger partial charge in [-0.3, -0.25) is 19.0 Å². The van der Waals surface area contributed by atoms with Crippen LogP contribution in [0.15, 0.2) is 124 Å². The van der Waals surface area contributed by atoms with Crippen molar-refractivity contribution in [1.82, 2.24) is 9.36 Å². The standard InChI is InChI=1S/C32H28F3N5O6S2/c1-22-30(31(42)40(38(22)2)26-12-5-3-6-13-26)39(48(45,46)28-14-7-4-8-15-28)21-29(41)36-24-16-18-27(19-17-24)47(43,44)37-25-11-9-10-23(20-25)32(33,34)35/h3-20,37H,21H2,1-2H3,(H,36,41). The lowest BCUT2D eigenvalue weighted by Gasteiger charge is -2.23. The average molecular weight is 700 g/mol. The number of alkyl halides is 3. The Kier molecular flexibility index (Phi) is 9.24. The van der Waals surface area contributed by atoms with Gasteiger partial charge < -0.3 is 5.32 Å². The third kappa shape index (κ3) is 6.99. The van der Waals surface area contributed by atoms with E-state index in [1.165, 1.54) is 51.8 Å². The van der Waals surface area contributed by atoms with Crippen LogP contribution in [0.2, 0.25) is 0 Å². The first-order valence-electron chi connectivity index (χ1n) is 14.1. The zero-order valence-corrected chi connectivity index (χ0v) is 27.0. The first kappa shape index (κ1) is 34.0. The largest absolute Gasteiger partial charge is 0.416 e. The number of aromatic nitrogens is 2. The number of benzene rings is 4. The van der Waals surface area contributed by atoms with Crippen molar-refractivity contribution in [3.63, 3.8) is 0 Å². The highest BCUT2D eigenvalue weighted by atomic mass is 32.2. The van der Waals surface area contributed by atoms with Gasteiger partial charge in [0, 0.05) is 18.4 Å². The first-order chi connectivity index (χ1) is 22.6. The molecule has 11 nitrogen and oxygen atoms in total. The van der Waals surface area contributed by atoms with Gasteiger partial charge in [0.05, 0.1) is 26.7 Å². The van der Waals surface area contributed by atoms with Crippen LogP contribution >= 0.6 is 0 Å². The van der Waals surface area contributed by atoms with Crippen molar-refractivity contribution in [1.29, 1.82) is 0 Å². The van der Waals surface area contributed by atoms with E-state index < -0.39 is 49.8 Å². The van der Waals surface area contributed by atoms with Gasteiger partial charge in [0.1, 0.15) is 12.2 Å². The van der Waals surface area contributed by atoms with Gasteiger partial charge in [-0.05, 0) is 73.7 Å². The summed E-state index contributed by atoms with van der Waals surface area (Å²) in [4.78, 5) is 26.7. The molecule has 1 heterocycles. The van der Waals surface area contributed by atoms with Crippen molar-refractivity contribution in [2.24, 2.45) is 7.05 Å². The molecule has 0 aliphatic rings. The maximum absolute atomic E-state index is 13.9. The minimum atomic E-state index is -4.67. The number of para-hydroxylation sites is 1. The Labute approximate surface area is 274 Å². The number of hydrogen-bond donors (Lipinski definition) is 2. The van der Waals surface area contributed by atoms with Gasteiger partial charge >= 0.3 is 6.18 Å². The molecule has 1 aromatic heterocycles. The molecule has 16 heteroatoms. The number of nitrogens with one attached hydrogen (secondary N) is 2. The molecule has 0 saturated carbocycles. The first-order valence-corrected chi connectivity index (χ1v) is 17.0. The molecule has 0 atom stereocenters. The van der Waals surface area contributed by atoms with Crippen LogP contribution in [0.25, 0.3) is 5.69 Å². The second kappa shape index (κ2) is 13.0. The van der Waals surface area contributed by atoms with Crippen molar-refractivity contribution >= 4 is 43.0 Å². The Morgan fingerprint density at radius 2 is 1.40 bits per heavy atom. The minimum absolute atomic E-state index is 0.0848. The fourth-order valence-corrected chi connectivity index (χ4v) is 7.41. The second-order valence-electron chi connectivity index (χ2n) is 10.5.